The highest BCUT2D eigenvalue weighted by molar-refractivity contribution is 5.71. The summed E-state index contributed by atoms with van der Waals surface area (Å²) in [5, 5.41) is 16.9. The van der Waals surface area contributed by atoms with Crippen molar-refractivity contribution in [3.8, 4) is 0 Å². The second kappa shape index (κ2) is 4.50. The maximum absolute atomic E-state index is 12.9. The molecule has 0 bridgehead atoms. The number of hydrogen-bond donors (Lipinski definition) is 2. The standard InChI is InChI=1S/C9H8FNO4/c10-9-6(3-8(14)15)1-5(4-11-9)2-7(12)13/h1,4H,2-3H2,(H,12,13)(H,14,15). The van der Waals surface area contributed by atoms with Gasteiger partial charge in [0, 0.05) is 11.8 Å². The maximum atomic E-state index is 12.9. The number of aliphatic carboxylic acids is 2. The van der Waals surface area contributed by atoms with Gasteiger partial charge in [0.2, 0.25) is 5.95 Å². The van der Waals surface area contributed by atoms with Gasteiger partial charge in [-0.05, 0) is 11.6 Å². The van der Waals surface area contributed by atoms with Crippen LogP contribution < -0.4 is 0 Å². The fourth-order valence-electron chi connectivity index (χ4n) is 1.10. The van der Waals surface area contributed by atoms with Crippen LogP contribution in [0.2, 0.25) is 0 Å². The molecule has 5 nitrogen and oxygen atoms in total. The zero-order chi connectivity index (χ0) is 11.4. The lowest BCUT2D eigenvalue weighted by molar-refractivity contribution is -0.137. The van der Waals surface area contributed by atoms with E-state index in [4.69, 9.17) is 10.2 Å². The Labute approximate surface area is 84.2 Å². The number of pyridine rings is 1. The average Bonchev–Trinajstić information content (AvgIpc) is 2.09. The van der Waals surface area contributed by atoms with E-state index in [1.165, 1.54) is 6.07 Å². The summed E-state index contributed by atoms with van der Waals surface area (Å²) in [6, 6.07) is 1.20. The van der Waals surface area contributed by atoms with Crippen molar-refractivity contribution in [2.24, 2.45) is 0 Å². The Morgan fingerprint density at radius 2 is 1.87 bits per heavy atom. The fourth-order valence-corrected chi connectivity index (χ4v) is 1.10. The third kappa shape index (κ3) is 3.34. The van der Waals surface area contributed by atoms with Gasteiger partial charge in [-0.3, -0.25) is 9.59 Å². The molecule has 0 saturated carbocycles. The van der Waals surface area contributed by atoms with Crippen LogP contribution in [0.1, 0.15) is 11.1 Å². The summed E-state index contributed by atoms with van der Waals surface area (Å²) in [5.41, 5.74) is 0.168. The van der Waals surface area contributed by atoms with Gasteiger partial charge in [0.15, 0.2) is 0 Å². The molecule has 1 aromatic heterocycles. The number of halogens is 1. The number of carboxylic acids is 2. The number of carbonyl (C=O) groups is 2. The number of carboxylic acid groups (broad SMARTS) is 2. The van der Waals surface area contributed by atoms with Crippen molar-refractivity contribution < 1.29 is 24.2 Å². The Bertz CT molecular complexity index is 405. The molecule has 80 valence electrons. The third-order valence-electron chi connectivity index (χ3n) is 1.67. The highest BCUT2D eigenvalue weighted by atomic mass is 19.1. The molecule has 1 aromatic rings. The highest BCUT2D eigenvalue weighted by Gasteiger charge is 2.10. The van der Waals surface area contributed by atoms with Crippen LogP contribution in [0.25, 0.3) is 0 Å². The minimum atomic E-state index is -1.19. The Hall–Kier alpha value is -1.98. The molecule has 6 heteroatoms. The van der Waals surface area contributed by atoms with E-state index in [-0.39, 0.29) is 17.5 Å². The SMILES string of the molecule is O=C(O)Cc1cnc(F)c(CC(=O)O)c1. The molecule has 0 radical (unpaired) electrons. The first-order valence-corrected chi connectivity index (χ1v) is 4.06. The van der Waals surface area contributed by atoms with E-state index in [1.807, 2.05) is 0 Å². The largest absolute Gasteiger partial charge is 0.481 e. The smallest absolute Gasteiger partial charge is 0.307 e. The van der Waals surface area contributed by atoms with Gasteiger partial charge in [0.25, 0.3) is 0 Å². The van der Waals surface area contributed by atoms with Crippen LogP contribution in [0, 0.1) is 5.95 Å². The molecular formula is C9H8FNO4. The fraction of sp³-hybridized carbons (Fsp3) is 0.222. The molecule has 0 aliphatic carbocycles. The van der Waals surface area contributed by atoms with Gasteiger partial charge >= 0.3 is 11.9 Å². The summed E-state index contributed by atoms with van der Waals surface area (Å²) in [6.07, 6.45) is 0.265. The molecule has 2 N–H and O–H groups in total. The van der Waals surface area contributed by atoms with Gasteiger partial charge in [0.05, 0.1) is 12.8 Å². The van der Waals surface area contributed by atoms with Gasteiger partial charge in [0.1, 0.15) is 0 Å². The molecular weight excluding hydrogens is 205 g/mol. The van der Waals surface area contributed by atoms with Crippen LogP contribution >= 0.6 is 0 Å². The lowest BCUT2D eigenvalue weighted by Crippen LogP contribution is -2.07. The van der Waals surface area contributed by atoms with E-state index in [0.717, 1.165) is 6.20 Å². The van der Waals surface area contributed by atoms with E-state index in [2.05, 4.69) is 4.98 Å². The normalized spacial score (nSPS) is 9.93. The quantitative estimate of drug-likeness (QED) is 0.710. The Morgan fingerprint density at radius 1 is 1.27 bits per heavy atom. The number of rotatable bonds is 4. The lowest BCUT2D eigenvalue weighted by atomic mass is 10.1. The molecule has 0 atom stereocenters. The molecule has 0 aliphatic rings. The van der Waals surface area contributed by atoms with Gasteiger partial charge in [-0.25, -0.2) is 4.98 Å². The third-order valence-corrected chi connectivity index (χ3v) is 1.67. The first-order valence-electron chi connectivity index (χ1n) is 4.06. The molecule has 0 fully saturated rings. The second-order valence-corrected chi connectivity index (χ2v) is 2.93. The topological polar surface area (TPSA) is 87.5 Å². The van der Waals surface area contributed by atoms with Crippen molar-refractivity contribution in [2.45, 2.75) is 12.8 Å². The number of aromatic nitrogens is 1. The number of nitrogens with zero attached hydrogens (tertiary/aromatic N) is 1. The molecule has 1 rings (SSSR count). The Balaban J connectivity index is 2.94. The summed E-state index contributed by atoms with van der Waals surface area (Å²) < 4.78 is 12.9. The Morgan fingerprint density at radius 3 is 2.40 bits per heavy atom. The minimum Gasteiger partial charge on any atom is -0.481 e. The molecule has 15 heavy (non-hydrogen) atoms. The lowest BCUT2D eigenvalue weighted by Gasteiger charge is -2.01. The van der Waals surface area contributed by atoms with E-state index in [9.17, 15) is 14.0 Å². The molecule has 0 aliphatic heterocycles. The summed E-state index contributed by atoms with van der Waals surface area (Å²) >= 11 is 0. The summed E-state index contributed by atoms with van der Waals surface area (Å²) in [7, 11) is 0. The predicted molar refractivity (Wildman–Crippen MR) is 46.9 cm³/mol. The van der Waals surface area contributed by atoms with Crippen molar-refractivity contribution in [3.63, 3.8) is 0 Å². The molecule has 0 saturated heterocycles. The minimum absolute atomic E-state index is 0.110. The van der Waals surface area contributed by atoms with Crippen LogP contribution in [0.5, 0.6) is 0 Å². The Kier molecular flexibility index (Phi) is 3.33. The zero-order valence-electron chi connectivity index (χ0n) is 7.61. The van der Waals surface area contributed by atoms with Gasteiger partial charge < -0.3 is 10.2 Å². The van der Waals surface area contributed by atoms with Gasteiger partial charge in [-0.1, -0.05) is 0 Å². The summed E-state index contributed by atoms with van der Waals surface area (Å²) in [4.78, 5) is 24.0. The van der Waals surface area contributed by atoms with Crippen LogP contribution in [0.4, 0.5) is 4.39 Å². The molecule has 0 aromatic carbocycles. The van der Waals surface area contributed by atoms with Crippen LogP contribution in [0.3, 0.4) is 0 Å². The van der Waals surface area contributed by atoms with E-state index < -0.39 is 24.3 Å². The monoisotopic (exact) mass is 213 g/mol. The first kappa shape index (κ1) is 11.1. The van der Waals surface area contributed by atoms with E-state index in [0.29, 0.717) is 0 Å². The number of hydrogen-bond acceptors (Lipinski definition) is 3. The van der Waals surface area contributed by atoms with Gasteiger partial charge in [-0.15, -0.1) is 0 Å². The average molecular weight is 213 g/mol. The zero-order valence-corrected chi connectivity index (χ0v) is 7.61. The van der Waals surface area contributed by atoms with Gasteiger partial charge in [-0.2, -0.15) is 4.39 Å². The van der Waals surface area contributed by atoms with E-state index in [1.54, 1.807) is 0 Å². The molecule has 0 spiro atoms. The van der Waals surface area contributed by atoms with Crippen molar-refractivity contribution >= 4 is 11.9 Å². The van der Waals surface area contributed by atoms with Crippen LogP contribution in [-0.2, 0) is 22.4 Å². The molecule has 1 heterocycles. The summed E-state index contributed by atoms with van der Waals surface area (Å²) in [5.74, 6) is -3.15. The molecule has 0 amide bonds. The van der Waals surface area contributed by atoms with Crippen LogP contribution in [0.15, 0.2) is 12.3 Å². The predicted octanol–water partition coefficient (Wildman–Crippen LogP) is 0.475. The summed E-state index contributed by atoms with van der Waals surface area (Å²) in [6.45, 7) is 0. The first-order chi connectivity index (χ1) is 6.99. The van der Waals surface area contributed by atoms with Crippen molar-refractivity contribution in [2.75, 3.05) is 0 Å². The molecule has 0 unspecified atom stereocenters. The van der Waals surface area contributed by atoms with Crippen molar-refractivity contribution in [1.29, 1.82) is 0 Å². The highest BCUT2D eigenvalue weighted by Crippen LogP contribution is 2.09. The van der Waals surface area contributed by atoms with Crippen molar-refractivity contribution in [1.82, 2.24) is 4.98 Å². The van der Waals surface area contributed by atoms with E-state index >= 15 is 0 Å². The second-order valence-electron chi connectivity index (χ2n) is 2.93. The van der Waals surface area contributed by atoms with Crippen LogP contribution in [-0.4, -0.2) is 27.1 Å². The maximum Gasteiger partial charge on any atom is 0.307 e. The van der Waals surface area contributed by atoms with Crippen molar-refractivity contribution in [3.05, 3.63) is 29.3 Å².